The molecule has 0 aliphatic carbocycles. The predicted molar refractivity (Wildman–Crippen MR) is 91.0 cm³/mol. The van der Waals surface area contributed by atoms with Crippen molar-refractivity contribution < 1.29 is 4.74 Å². The highest BCUT2D eigenvalue weighted by molar-refractivity contribution is 5.79. The summed E-state index contributed by atoms with van der Waals surface area (Å²) in [6.07, 6.45) is 0. The monoisotopic (exact) mass is 295 g/mol. The van der Waals surface area contributed by atoms with Gasteiger partial charge in [-0.1, -0.05) is 12.1 Å². The summed E-state index contributed by atoms with van der Waals surface area (Å²) < 4.78 is 7.69. The molecule has 0 amide bonds. The van der Waals surface area contributed by atoms with Crippen molar-refractivity contribution in [2.24, 2.45) is 0 Å². The van der Waals surface area contributed by atoms with Gasteiger partial charge in [0.15, 0.2) is 0 Å². The van der Waals surface area contributed by atoms with Gasteiger partial charge in [-0.15, -0.1) is 0 Å². The van der Waals surface area contributed by atoms with Gasteiger partial charge >= 0.3 is 0 Å². The van der Waals surface area contributed by atoms with Crippen LogP contribution in [0.15, 0.2) is 48.5 Å². The molecule has 4 heteroatoms. The first kappa shape index (κ1) is 14.4. The number of benzene rings is 2. The molecule has 1 N–H and O–H groups in total. The SMILES string of the molecule is CCOc1ccc(Nc2nc3ccccc3n2C(C)C)cc1. The number of nitrogens with one attached hydrogen (secondary N) is 1. The van der Waals surface area contributed by atoms with Crippen LogP contribution in [0.3, 0.4) is 0 Å². The number of rotatable bonds is 5. The summed E-state index contributed by atoms with van der Waals surface area (Å²) in [6, 6.07) is 16.5. The molecule has 1 heterocycles. The normalized spacial score (nSPS) is 11.1. The number of para-hydroxylation sites is 2. The van der Waals surface area contributed by atoms with Crippen molar-refractivity contribution in [1.82, 2.24) is 9.55 Å². The van der Waals surface area contributed by atoms with E-state index in [0.29, 0.717) is 12.6 Å². The highest BCUT2D eigenvalue weighted by Gasteiger charge is 2.12. The van der Waals surface area contributed by atoms with Crippen molar-refractivity contribution in [3.05, 3.63) is 48.5 Å². The summed E-state index contributed by atoms with van der Waals surface area (Å²) in [5, 5.41) is 3.41. The van der Waals surface area contributed by atoms with Crippen LogP contribution in [0, 0.1) is 0 Å². The Morgan fingerprint density at radius 1 is 1.09 bits per heavy atom. The number of aromatic nitrogens is 2. The quantitative estimate of drug-likeness (QED) is 0.737. The van der Waals surface area contributed by atoms with Gasteiger partial charge in [0.25, 0.3) is 0 Å². The van der Waals surface area contributed by atoms with Crippen molar-refractivity contribution in [3.8, 4) is 5.75 Å². The lowest BCUT2D eigenvalue weighted by molar-refractivity contribution is 0.340. The minimum absolute atomic E-state index is 0.331. The molecule has 0 saturated carbocycles. The largest absolute Gasteiger partial charge is 0.494 e. The van der Waals surface area contributed by atoms with Crippen molar-refractivity contribution in [1.29, 1.82) is 0 Å². The Labute approximate surface area is 130 Å². The molecule has 0 spiro atoms. The minimum atomic E-state index is 0.331. The van der Waals surface area contributed by atoms with E-state index in [0.717, 1.165) is 28.4 Å². The van der Waals surface area contributed by atoms with Crippen LogP contribution in [-0.4, -0.2) is 16.2 Å². The molecular weight excluding hydrogens is 274 g/mol. The van der Waals surface area contributed by atoms with E-state index >= 15 is 0 Å². The summed E-state index contributed by atoms with van der Waals surface area (Å²) in [5.74, 6) is 1.74. The number of nitrogens with zero attached hydrogens (tertiary/aromatic N) is 2. The van der Waals surface area contributed by atoms with E-state index < -0.39 is 0 Å². The van der Waals surface area contributed by atoms with Gasteiger partial charge < -0.3 is 14.6 Å². The molecule has 3 rings (SSSR count). The van der Waals surface area contributed by atoms with Crippen LogP contribution in [0.4, 0.5) is 11.6 Å². The molecule has 0 bridgehead atoms. The summed E-state index contributed by atoms with van der Waals surface area (Å²) in [7, 11) is 0. The zero-order valence-electron chi connectivity index (χ0n) is 13.2. The first-order chi connectivity index (χ1) is 10.7. The third-order valence-electron chi connectivity index (χ3n) is 3.53. The molecular formula is C18H21N3O. The zero-order valence-corrected chi connectivity index (χ0v) is 13.2. The van der Waals surface area contributed by atoms with Crippen molar-refractivity contribution >= 4 is 22.7 Å². The van der Waals surface area contributed by atoms with Crippen LogP contribution in [0.25, 0.3) is 11.0 Å². The van der Waals surface area contributed by atoms with Crippen LogP contribution in [0.2, 0.25) is 0 Å². The molecule has 0 radical (unpaired) electrons. The van der Waals surface area contributed by atoms with Gasteiger partial charge in [0.1, 0.15) is 5.75 Å². The molecule has 114 valence electrons. The van der Waals surface area contributed by atoms with E-state index in [1.54, 1.807) is 0 Å². The van der Waals surface area contributed by atoms with E-state index in [9.17, 15) is 0 Å². The maximum absolute atomic E-state index is 5.47. The van der Waals surface area contributed by atoms with Crippen molar-refractivity contribution in [2.75, 3.05) is 11.9 Å². The Hall–Kier alpha value is -2.49. The van der Waals surface area contributed by atoms with Gasteiger partial charge in [0, 0.05) is 11.7 Å². The van der Waals surface area contributed by atoms with Gasteiger partial charge in [-0.2, -0.15) is 0 Å². The molecule has 0 atom stereocenters. The lowest BCUT2D eigenvalue weighted by Crippen LogP contribution is -2.06. The molecule has 22 heavy (non-hydrogen) atoms. The fraction of sp³-hybridized carbons (Fsp3) is 0.278. The van der Waals surface area contributed by atoms with E-state index in [1.807, 2.05) is 49.4 Å². The topological polar surface area (TPSA) is 39.1 Å². The van der Waals surface area contributed by atoms with Crippen LogP contribution in [0.1, 0.15) is 26.8 Å². The summed E-state index contributed by atoms with van der Waals surface area (Å²) >= 11 is 0. The Morgan fingerprint density at radius 2 is 1.82 bits per heavy atom. The number of hydrogen-bond donors (Lipinski definition) is 1. The lowest BCUT2D eigenvalue weighted by atomic mass is 10.3. The third-order valence-corrected chi connectivity index (χ3v) is 3.53. The van der Waals surface area contributed by atoms with Gasteiger partial charge in [-0.25, -0.2) is 4.98 Å². The number of fused-ring (bicyclic) bond motifs is 1. The van der Waals surface area contributed by atoms with Crippen LogP contribution >= 0.6 is 0 Å². The molecule has 0 fully saturated rings. The molecule has 4 nitrogen and oxygen atoms in total. The minimum Gasteiger partial charge on any atom is -0.494 e. The number of anilines is 2. The molecule has 0 aliphatic heterocycles. The lowest BCUT2D eigenvalue weighted by Gasteiger charge is -2.14. The van der Waals surface area contributed by atoms with Gasteiger partial charge in [0.2, 0.25) is 5.95 Å². The van der Waals surface area contributed by atoms with Gasteiger partial charge in [0.05, 0.1) is 17.6 Å². The molecule has 3 aromatic rings. The molecule has 0 unspecified atom stereocenters. The standard InChI is InChI=1S/C18H21N3O/c1-4-22-15-11-9-14(10-12-15)19-18-20-16-7-5-6-8-17(16)21(18)13(2)3/h5-13H,4H2,1-3H3,(H,19,20). The third kappa shape index (κ3) is 2.77. The summed E-state index contributed by atoms with van der Waals surface area (Å²) in [5.41, 5.74) is 3.15. The van der Waals surface area contributed by atoms with Crippen LogP contribution in [-0.2, 0) is 0 Å². The Morgan fingerprint density at radius 3 is 2.50 bits per heavy atom. The summed E-state index contributed by atoms with van der Waals surface area (Å²) in [4.78, 5) is 4.71. The fourth-order valence-corrected chi connectivity index (χ4v) is 2.59. The zero-order chi connectivity index (χ0) is 15.5. The average Bonchev–Trinajstić information content (AvgIpc) is 2.87. The summed E-state index contributed by atoms with van der Waals surface area (Å²) in [6.45, 7) is 6.99. The van der Waals surface area contributed by atoms with Gasteiger partial charge in [-0.3, -0.25) is 0 Å². The second-order valence-electron chi connectivity index (χ2n) is 5.47. The van der Waals surface area contributed by atoms with E-state index in [-0.39, 0.29) is 0 Å². The second-order valence-corrected chi connectivity index (χ2v) is 5.47. The van der Waals surface area contributed by atoms with Crippen molar-refractivity contribution in [2.45, 2.75) is 26.8 Å². The smallest absolute Gasteiger partial charge is 0.208 e. The van der Waals surface area contributed by atoms with Crippen LogP contribution < -0.4 is 10.1 Å². The Bertz CT molecular complexity index is 760. The molecule has 2 aromatic carbocycles. The molecule has 0 aliphatic rings. The molecule has 1 aromatic heterocycles. The van der Waals surface area contributed by atoms with Gasteiger partial charge in [-0.05, 0) is 57.2 Å². The predicted octanol–water partition coefficient (Wildman–Crippen LogP) is 4.76. The average molecular weight is 295 g/mol. The maximum atomic E-state index is 5.47. The maximum Gasteiger partial charge on any atom is 0.208 e. The van der Waals surface area contributed by atoms with Crippen molar-refractivity contribution in [3.63, 3.8) is 0 Å². The Kier molecular flexibility index (Phi) is 4.00. The van der Waals surface area contributed by atoms with E-state index in [1.165, 1.54) is 0 Å². The first-order valence-corrected chi connectivity index (χ1v) is 7.66. The highest BCUT2D eigenvalue weighted by atomic mass is 16.5. The first-order valence-electron chi connectivity index (χ1n) is 7.66. The van der Waals surface area contributed by atoms with E-state index in [2.05, 4.69) is 29.8 Å². The number of hydrogen-bond acceptors (Lipinski definition) is 3. The second kappa shape index (κ2) is 6.10. The number of imidazole rings is 1. The van der Waals surface area contributed by atoms with Crippen LogP contribution in [0.5, 0.6) is 5.75 Å². The fourth-order valence-electron chi connectivity index (χ4n) is 2.59. The van der Waals surface area contributed by atoms with E-state index in [4.69, 9.17) is 9.72 Å². The molecule has 0 saturated heterocycles. The number of ether oxygens (including phenoxy) is 1. The Balaban J connectivity index is 1.94. The highest BCUT2D eigenvalue weighted by Crippen LogP contribution is 2.27.